The molecule has 1 aromatic rings. The van der Waals surface area contributed by atoms with E-state index in [1.807, 2.05) is 13.8 Å². The van der Waals surface area contributed by atoms with Crippen LogP contribution >= 0.6 is 24.0 Å². The summed E-state index contributed by atoms with van der Waals surface area (Å²) in [6.45, 7) is 13.6. The second-order valence-corrected chi connectivity index (χ2v) is 9.54. The van der Waals surface area contributed by atoms with E-state index in [-0.39, 0.29) is 24.0 Å². The van der Waals surface area contributed by atoms with Crippen molar-refractivity contribution in [1.29, 1.82) is 0 Å². The summed E-state index contributed by atoms with van der Waals surface area (Å²) in [4.78, 5) is 14.6. The van der Waals surface area contributed by atoms with Crippen molar-refractivity contribution in [3.8, 4) is 0 Å². The van der Waals surface area contributed by atoms with Gasteiger partial charge >= 0.3 is 0 Å². The van der Waals surface area contributed by atoms with Crippen LogP contribution in [0.1, 0.15) is 69.2 Å². The lowest BCUT2D eigenvalue weighted by molar-refractivity contribution is 0.166. The van der Waals surface area contributed by atoms with Gasteiger partial charge in [-0.1, -0.05) is 12.8 Å². The monoisotopic (exact) mass is 529 g/mol. The van der Waals surface area contributed by atoms with Crippen LogP contribution in [-0.4, -0.2) is 60.0 Å². The van der Waals surface area contributed by atoms with Crippen molar-refractivity contribution < 1.29 is 4.42 Å². The Hall–Kier alpha value is -0.830. The zero-order chi connectivity index (χ0) is 20.3. The Kier molecular flexibility index (Phi) is 8.46. The molecule has 3 heterocycles. The summed E-state index contributed by atoms with van der Waals surface area (Å²) in [5.74, 6) is 3.66. The van der Waals surface area contributed by atoms with Gasteiger partial charge < -0.3 is 14.6 Å². The van der Waals surface area contributed by atoms with E-state index >= 15 is 0 Å². The molecule has 0 aromatic carbocycles. The molecular weight excluding hydrogens is 489 g/mol. The fourth-order valence-corrected chi connectivity index (χ4v) is 5.42. The Morgan fingerprint density at radius 2 is 1.90 bits per heavy atom. The molecule has 30 heavy (non-hydrogen) atoms. The van der Waals surface area contributed by atoms with E-state index in [2.05, 4.69) is 27.0 Å². The summed E-state index contributed by atoms with van der Waals surface area (Å²) in [5.41, 5.74) is 1.61. The lowest BCUT2D eigenvalue weighted by Crippen LogP contribution is -2.41. The first kappa shape index (κ1) is 23.8. The van der Waals surface area contributed by atoms with Crippen molar-refractivity contribution in [3.05, 3.63) is 17.3 Å². The maximum atomic E-state index is 5.76. The highest BCUT2D eigenvalue weighted by atomic mass is 127. The highest BCUT2D eigenvalue weighted by molar-refractivity contribution is 14.0. The smallest absolute Gasteiger partial charge is 0.208 e. The van der Waals surface area contributed by atoms with Crippen LogP contribution in [0.25, 0.3) is 0 Å². The molecule has 4 rings (SSSR count). The van der Waals surface area contributed by atoms with Gasteiger partial charge in [0.15, 0.2) is 5.96 Å². The van der Waals surface area contributed by atoms with Crippen LogP contribution in [0.4, 0.5) is 0 Å². The van der Waals surface area contributed by atoms with E-state index < -0.39 is 0 Å². The van der Waals surface area contributed by atoms with Crippen LogP contribution in [0.2, 0.25) is 0 Å². The molecule has 1 saturated carbocycles. The quantitative estimate of drug-likeness (QED) is 0.349. The van der Waals surface area contributed by atoms with E-state index in [0.29, 0.717) is 11.3 Å². The van der Waals surface area contributed by atoms with Crippen molar-refractivity contribution in [1.82, 2.24) is 20.1 Å². The van der Waals surface area contributed by atoms with Gasteiger partial charge in [-0.25, -0.2) is 4.98 Å². The summed E-state index contributed by atoms with van der Waals surface area (Å²) in [5, 5.41) is 3.56. The van der Waals surface area contributed by atoms with Crippen LogP contribution < -0.4 is 5.32 Å². The number of halogens is 1. The fraction of sp³-hybridized carbons (Fsp3) is 0.826. The Bertz CT molecular complexity index is 685. The lowest BCUT2D eigenvalue weighted by Gasteiger charge is -2.31. The van der Waals surface area contributed by atoms with Crippen molar-refractivity contribution in [2.75, 3.05) is 39.3 Å². The molecule has 7 heteroatoms. The van der Waals surface area contributed by atoms with Gasteiger partial charge in [0, 0.05) is 26.2 Å². The number of hydrogen-bond acceptors (Lipinski definition) is 4. The molecule has 1 aliphatic carbocycles. The van der Waals surface area contributed by atoms with E-state index in [1.54, 1.807) is 0 Å². The number of oxazole rings is 1. The number of piperidine rings is 1. The van der Waals surface area contributed by atoms with Crippen LogP contribution in [0.3, 0.4) is 0 Å². The molecule has 0 radical (unpaired) electrons. The number of aryl methyl sites for hydroxylation is 2. The topological polar surface area (TPSA) is 56.9 Å². The molecule has 0 bridgehead atoms. The van der Waals surface area contributed by atoms with E-state index in [0.717, 1.165) is 56.0 Å². The molecule has 2 aliphatic heterocycles. The highest BCUT2D eigenvalue weighted by Crippen LogP contribution is 2.45. The van der Waals surface area contributed by atoms with Gasteiger partial charge in [-0.05, 0) is 77.3 Å². The second kappa shape index (κ2) is 10.7. The minimum absolute atomic E-state index is 0. The molecule has 2 saturated heterocycles. The maximum absolute atomic E-state index is 5.76. The summed E-state index contributed by atoms with van der Waals surface area (Å²) in [7, 11) is 0. The first-order valence-corrected chi connectivity index (χ1v) is 11.8. The average Bonchev–Trinajstić information content (AvgIpc) is 3.43. The van der Waals surface area contributed by atoms with E-state index in [1.165, 1.54) is 58.0 Å². The van der Waals surface area contributed by atoms with Crippen molar-refractivity contribution in [2.45, 2.75) is 72.3 Å². The SMILES string of the molecule is CCNC(=NCC1CCN(Cc2nc(C)c(C)o2)CC1)N1CCC2(CCCC2)C1.I. The number of aromatic nitrogens is 1. The number of aliphatic imine (C=N–C) groups is 1. The lowest BCUT2D eigenvalue weighted by atomic mass is 9.86. The number of likely N-dealkylation sites (tertiary alicyclic amines) is 2. The first-order chi connectivity index (χ1) is 14.1. The van der Waals surface area contributed by atoms with Gasteiger partial charge in [-0.15, -0.1) is 24.0 Å². The number of rotatable bonds is 5. The minimum atomic E-state index is 0. The summed E-state index contributed by atoms with van der Waals surface area (Å²) >= 11 is 0. The Morgan fingerprint density at radius 1 is 1.17 bits per heavy atom. The molecule has 0 amide bonds. The molecule has 1 spiro atoms. The van der Waals surface area contributed by atoms with Gasteiger partial charge in [0.2, 0.25) is 5.89 Å². The summed E-state index contributed by atoms with van der Waals surface area (Å²) in [6, 6.07) is 0. The molecule has 3 aliphatic rings. The molecular formula is C23H40IN5O. The van der Waals surface area contributed by atoms with Gasteiger partial charge in [0.25, 0.3) is 0 Å². The highest BCUT2D eigenvalue weighted by Gasteiger charge is 2.41. The number of hydrogen-bond donors (Lipinski definition) is 1. The van der Waals surface area contributed by atoms with Crippen molar-refractivity contribution in [3.63, 3.8) is 0 Å². The van der Waals surface area contributed by atoms with E-state index in [9.17, 15) is 0 Å². The molecule has 170 valence electrons. The predicted molar refractivity (Wildman–Crippen MR) is 132 cm³/mol. The Balaban J connectivity index is 0.00000256. The Labute approximate surface area is 199 Å². The zero-order valence-electron chi connectivity index (χ0n) is 19.1. The fourth-order valence-electron chi connectivity index (χ4n) is 5.42. The van der Waals surface area contributed by atoms with Crippen LogP contribution in [0, 0.1) is 25.2 Å². The molecule has 0 unspecified atom stereocenters. The Morgan fingerprint density at radius 3 is 2.53 bits per heavy atom. The molecule has 3 fully saturated rings. The first-order valence-electron chi connectivity index (χ1n) is 11.8. The number of nitrogens with zero attached hydrogens (tertiary/aromatic N) is 4. The number of nitrogens with one attached hydrogen (secondary N) is 1. The van der Waals surface area contributed by atoms with Gasteiger partial charge in [0.1, 0.15) is 5.76 Å². The zero-order valence-corrected chi connectivity index (χ0v) is 21.4. The third-order valence-corrected chi connectivity index (χ3v) is 7.38. The van der Waals surface area contributed by atoms with Gasteiger partial charge in [0.05, 0.1) is 12.2 Å². The maximum Gasteiger partial charge on any atom is 0.208 e. The minimum Gasteiger partial charge on any atom is -0.444 e. The van der Waals surface area contributed by atoms with Crippen LogP contribution in [0.15, 0.2) is 9.41 Å². The van der Waals surface area contributed by atoms with E-state index in [4.69, 9.17) is 9.41 Å². The molecule has 0 atom stereocenters. The summed E-state index contributed by atoms with van der Waals surface area (Å²) < 4.78 is 5.76. The average molecular weight is 530 g/mol. The number of guanidine groups is 1. The predicted octanol–water partition coefficient (Wildman–Crippen LogP) is 4.35. The molecule has 6 nitrogen and oxygen atoms in total. The third-order valence-electron chi connectivity index (χ3n) is 7.38. The van der Waals surface area contributed by atoms with Gasteiger partial charge in [-0.2, -0.15) is 0 Å². The van der Waals surface area contributed by atoms with Crippen LogP contribution in [0.5, 0.6) is 0 Å². The largest absolute Gasteiger partial charge is 0.444 e. The molecule has 1 N–H and O–H groups in total. The van der Waals surface area contributed by atoms with Crippen LogP contribution in [-0.2, 0) is 6.54 Å². The van der Waals surface area contributed by atoms with Crippen molar-refractivity contribution in [2.24, 2.45) is 16.3 Å². The second-order valence-electron chi connectivity index (χ2n) is 9.54. The molecule has 1 aromatic heterocycles. The third kappa shape index (κ3) is 5.69. The normalized spacial score (nSPS) is 22.6. The standard InChI is InChI=1S/C23H39N5O.HI/c1-4-24-22(28-14-11-23(17-28)9-5-6-10-23)25-15-20-7-12-27(13-8-20)16-21-26-18(2)19(3)29-21;/h20H,4-17H2,1-3H3,(H,24,25);1H. The summed E-state index contributed by atoms with van der Waals surface area (Å²) in [6.07, 6.45) is 9.47. The van der Waals surface area contributed by atoms with Crippen molar-refractivity contribution >= 4 is 29.9 Å². The van der Waals surface area contributed by atoms with Gasteiger partial charge in [-0.3, -0.25) is 9.89 Å².